The van der Waals surface area contributed by atoms with Gasteiger partial charge in [0.25, 0.3) is 5.91 Å². The molecular formula is C17H14F3NO5S. The average molecular weight is 401 g/mol. The lowest BCUT2D eigenvalue weighted by Gasteiger charge is -2.09. The molecular weight excluding hydrogens is 387 g/mol. The van der Waals surface area contributed by atoms with Crippen LogP contribution in [-0.4, -0.2) is 33.2 Å². The molecule has 27 heavy (non-hydrogen) atoms. The van der Waals surface area contributed by atoms with Gasteiger partial charge < -0.3 is 10.1 Å². The highest BCUT2D eigenvalue weighted by Gasteiger charge is 2.30. The molecule has 0 atom stereocenters. The maximum atomic E-state index is 12.5. The predicted molar refractivity (Wildman–Crippen MR) is 89.9 cm³/mol. The van der Waals surface area contributed by atoms with Crippen molar-refractivity contribution >= 4 is 27.4 Å². The Hall–Kier alpha value is -2.88. The van der Waals surface area contributed by atoms with Crippen molar-refractivity contribution in [1.82, 2.24) is 0 Å². The minimum absolute atomic E-state index is 0.0269. The number of carbonyl (C=O) groups excluding carboxylic acids is 2. The molecule has 0 radical (unpaired) electrons. The molecule has 0 aliphatic heterocycles. The lowest BCUT2D eigenvalue weighted by molar-refractivity contribution is -0.137. The van der Waals surface area contributed by atoms with Crippen LogP contribution >= 0.6 is 0 Å². The quantitative estimate of drug-likeness (QED) is 0.779. The molecule has 0 aliphatic carbocycles. The number of anilines is 1. The van der Waals surface area contributed by atoms with Gasteiger partial charge in [0.15, 0.2) is 16.4 Å². The molecule has 1 N–H and O–H groups in total. The van der Waals surface area contributed by atoms with E-state index in [0.29, 0.717) is 0 Å². The Bertz CT molecular complexity index is 936. The SMILES string of the molecule is CS(=O)(=O)c1ccc(C(=O)OCC(=O)Nc2ccc(C(F)(F)F)cc2)cc1. The summed E-state index contributed by atoms with van der Waals surface area (Å²) in [5.41, 5.74) is -0.698. The third-order valence-electron chi connectivity index (χ3n) is 3.35. The Morgan fingerprint density at radius 1 is 1.00 bits per heavy atom. The summed E-state index contributed by atoms with van der Waals surface area (Å²) in [4.78, 5) is 23.6. The van der Waals surface area contributed by atoms with Crippen molar-refractivity contribution in [2.24, 2.45) is 0 Å². The van der Waals surface area contributed by atoms with Gasteiger partial charge in [-0.15, -0.1) is 0 Å². The maximum absolute atomic E-state index is 12.5. The van der Waals surface area contributed by atoms with E-state index in [1.54, 1.807) is 0 Å². The zero-order valence-corrected chi connectivity index (χ0v) is 14.7. The van der Waals surface area contributed by atoms with Crippen molar-refractivity contribution in [3.05, 3.63) is 59.7 Å². The number of esters is 1. The van der Waals surface area contributed by atoms with E-state index in [-0.39, 0.29) is 16.1 Å². The van der Waals surface area contributed by atoms with Crippen LogP contribution in [0.4, 0.5) is 18.9 Å². The van der Waals surface area contributed by atoms with Gasteiger partial charge in [0.05, 0.1) is 16.0 Å². The highest BCUT2D eigenvalue weighted by Crippen LogP contribution is 2.29. The van der Waals surface area contributed by atoms with E-state index in [4.69, 9.17) is 4.74 Å². The van der Waals surface area contributed by atoms with Gasteiger partial charge in [-0.2, -0.15) is 13.2 Å². The number of benzene rings is 2. The summed E-state index contributed by atoms with van der Waals surface area (Å²) < 4.78 is 64.9. The second kappa shape index (κ2) is 7.78. The minimum atomic E-state index is -4.48. The number of rotatable bonds is 5. The zero-order valence-electron chi connectivity index (χ0n) is 13.9. The molecule has 0 aliphatic rings. The van der Waals surface area contributed by atoms with Crippen LogP contribution in [0.1, 0.15) is 15.9 Å². The van der Waals surface area contributed by atoms with E-state index in [9.17, 15) is 31.2 Å². The summed E-state index contributed by atoms with van der Waals surface area (Å²) in [5, 5.41) is 2.29. The van der Waals surface area contributed by atoms with Crippen molar-refractivity contribution in [3.63, 3.8) is 0 Å². The highest BCUT2D eigenvalue weighted by molar-refractivity contribution is 7.90. The van der Waals surface area contributed by atoms with E-state index >= 15 is 0 Å². The first-order valence-electron chi connectivity index (χ1n) is 7.41. The normalized spacial score (nSPS) is 11.7. The Morgan fingerprint density at radius 2 is 1.56 bits per heavy atom. The predicted octanol–water partition coefficient (Wildman–Crippen LogP) is 2.90. The molecule has 1 amide bonds. The molecule has 0 saturated heterocycles. The summed E-state index contributed by atoms with van der Waals surface area (Å²) in [7, 11) is -3.40. The van der Waals surface area contributed by atoms with E-state index in [0.717, 1.165) is 30.5 Å². The zero-order chi connectivity index (χ0) is 20.2. The number of hydrogen-bond acceptors (Lipinski definition) is 5. The molecule has 0 fully saturated rings. The lowest BCUT2D eigenvalue weighted by atomic mass is 10.2. The summed E-state index contributed by atoms with van der Waals surface area (Å²) in [6.45, 7) is -0.659. The van der Waals surface area contributed by atoms with Crippen LogP contribution < -0.4 is 5.32 Å². The fourth-order valence-corrected chi connectivity index (χ4v) is 2.62. The number of halogens is 3. The first-order chi connectivity index (χ1) is 12.5. The van der Waals surface area contributed by atoms with Crippen LogP contribution in [-0.2, 0) is 25.5 Å². The number of sulfone groups is 1. The third-order valence-corrected chi connectivity index (χ3v) is 4.48. The van der Waals surface area contributed by atoms with Crippen molar-refractivity contribution < 1.29 is 35.9 Å². The monoisotopic (exact) mass is 401 g/mol. The smallest absolute Gasteiger partial charge is 0.416 e. The summed E-state index contributed by atoms with van der Waals surface area (Å²) in [6.07, 6.45) is -3.46. The average Bonchev–Trinajstić information content (AvgIpc) is 2.58. The first kappa shape index (κ1) is 20.4. The molecule has 0 heterocycles. The topological polar surface area (TPSA) is 89.5 Å². The van der Waals surface area contributed by atoms with Crippen molar-refractivity contribution in [1.29, 1.82) is 0 Å². The molecule has 0 saturated carbocycles. The number of hydrogen-bond donors (Lipinski definition) is 1. The molecule has 0 unspecified atom stereocenters. The van der Waals surface area contributed by atoms with Gasteiger partial charge >= 0.3 is 12.1 Å². The number of amides is 1. The van der Waals surface area contributed by atoms with Crippen LogP contribution in [0.3, 0.4) is 0 Å². The second-order valence-electron chi connectivity index (χ2n) is 5.50. The largest absolute Gasteiger partial charge is 0.452 e. The van der Waals surface area contributed by atoms with Gasteiger partial charge in [-0.1, -0.05) is 0 Å². The van der Waals surface area contributed by atoms with Gasteiger partial charge in [-0.3, -0.25) is 4.79 Å². The van der Waals surface area contributed by atoms with E-state index < -0.39 is 40.1 Å². The van der Waals surface area contributed by atoms with Crippen molar-refractivity contribution in [3.8, 4) is 0 Å². The Kier molecular flexibility index (Phi) is 5.89. The standard InChI is InChI=1S/C17H14F3NO5S/c1-27(24,25)14-8-2-11(3-9-14)16(23)26-10-15(22)21-13-6-4-12(5-7-13)17(18,19)20/h2-9H,10H2,1H3,(H,21,22). The highest BCUT2D eigenvalue weighted by atomic mass is 32.2. The number of nitrogens with one attached hydrogen (secondary N) is 1. The van der Waals surface area contributed by atoms with E-state index in [2.05, 4.69) is 5.32 Å². The molecule has 0 spiro atoms. The summed E-state index contributed by atoms with van der Waals surface area (Å²) >= 11 is 0. The van der Waals surface area contributed by atoms with Crippen LogP contribution in [0.2, 0.25) is 0 Å². The van der Waals surface area contributed by atoms with Crippen molar-refractivity contribution in [2.75, 3.05) is 18.2 Å². The maximum Gasteiger partial charge on any atom is 0.416 e. The minimum Gasteiger partial charge on any atom is -0.452 e. The summed E-state index contributed by atoms with van der Waals surface area (Å²) in [6, 6.07) is 8.72. The Labute approximate surface area is 152 Å². The fraction of sp³-hybridized carbons (Fsp3) is 0.176. The van der Waals surface area contributed by atoms with Crippen molar-refractivity contribution in [2.45, 2.75) is 11.1 Å². The molecule has 0 bridgehead atoms. The molecule has 2 aromatic rings. The number of alkyl halides is 3. The number of ether oxygens (including phenoxy) is 1. The Balaban J connectivity index is 1.90. The molecule has 2 aromatic carbocycles. The Morgan fingerprint density at radius 3 is 2.04 bits per heavy atom. The van der Waals surface area contributed by atoms with E-state index in [1.807, 2.05) is 0 Å². The summed E-state index contributed by atoms with van der Waals surface area (Å²) in [5.74, 6) is -1.59. The second-order valence-corrected chi connectivity index (χ2v) is 7.51. The number of carbonyl (C=O) groups is 2. The van der Waals surface area contributed by atoms with E-state index in [1.165, 1.54) is 24.3 Å². The molecule has 6 nitrogen and oxygen atoms in total. The van der Waals surface area contributed by atoms with Crippen LogP contribution in [0, 0.1) is 0 Å². The fourth-order valence-electron chi connectivity index (χ4n) is 1.99. The van der Waals surface area contributed by atoms with Crippen LogP contribution in [0.5, 0.6) is 0 Å². The van der Waals surface area contributed by atoms with Gasteiger partial charge in [-0.05, 0) is 48.5 Å². The third kappa shape index (κ3) is 5.81. The van der Waals surface area contributed by atoms with Gasteiger partial charge in [0.1, 0.15) is 0 Å². The lowest BCUT2D eigenvalue weighted by Crippen LogP contribution is -2.21. The van der Waals surface area contributed by atoms with Crippen LogP contribution in [0.25, 0.3) is 0 Å². The molecule has 144 valence electrons. The molecule has 0 aromatic heterocycles. The molecule has 10 heteroatoms. The van der Waals surface area contributed by atoms with Crippen LogP contribution in [0.15, 0.2) is 53.4 Å². The first-order valence-corrected chi connectivity index (χ1v) is 9.30. The molecule has 2 rings (SSSR count). The van der Waals surface area contributed by atoms with Gasteiger partial charge in [-0.25, -0.2) is 13.2 Å². The van der Waals surface area contributed by atoms with Gasteiger partial charge in [0.2, 0.25) is 0 Å². The van der Waals surface area contributed by atoms with Gasteiger partial charge in [0, 0.05) is 11.9 Å².